The lowest BCUT2D eigenvalue weighted by Gasteiger charge is -2.04. The van der Waals surface area contributed by atoms with Gasteiger partial charge in [0.15, 0.2) is 0 Å². The average molecular weight is 252 g/mol. The Bertz CT molecular complexity index is 765. The van der Waals surface area contributed by atoms with Crippen LogP contribution in [-0.2, 0) is 0 Å². The number of hydrogen-bond acceptors (Lipinski definition) is 3. The van der Waals surface area contributed by atoms with Crippen LogP contribution in [0.15, 0.2) is 54.9 Å². The fourth-order valence-electron chi connectivity index (χ4n) is 1.95. The van der Waals surface area contributed by atoms with Crippen LogP contribution in [0.1, 0.15) is 16.1 Å². The van der Waals surface area contributed by atoms with Gasteiger partial charge in [0.1, 0.15) is 17.8 Å². The molecule has 0 radical (unpaired) electrons. The summed E-state index contributed by atoms with van der Waals surface area (Å²) in [6.45, 7) is 0. The second kappa shape index (κ2) is 4.57. The number of fused-ring (bicyclic) bond motifs is 1. The molecule has 0 spiro atoms. The number of para-hydroxylation sites is 1. The molecule has 0 aliphatic rings. The minimum absolute atomic E-state index is 0.281. The fraction of sp³-hybridized carbons (Fsp3) is 0. The number of nitrogens with zero attached hydrogens (tertiary/aromatic N) is 2. The van der Waals surface area contributed by atoms with Crippen molar-refractivity contribution in [2.24, 2.45) is 0 Å². The second-order valence-corrected chi connectivity index (χ2v) is 4.08. The number of benzene rings is 2. The van der Waals surface area contributed by atoms with Crippen molar-refractivity contribution in [2.45, 2.75) is 0 Å². The molecule has 3 aromatic rings. The molecule has 0 atom stereocenters. The van der Waals surface area contributed by atoms with Crippen molar-refractivity contribution in [2.75, 3.05) is 0 Å². The van der Waals surface area contributed by atoms with Crippen LogP contribution in [0, 0.1) is 5.82 Å². The van der Waals surface area contributed by atoms with Crippen LogP contribution in [0.4, 0.5) is 4.39 Å². The lowest BCUT2D eigenvalue weighted by Crippen LogP contribution is -2.05. The quantitative estimate of drug-likeness (QED) is 0.658. The summed E-state index contributed by atoms with van der Waals surface area (Å²) < 4.78 is 13.2. The molecule has 92 valence electrons. The van der Waals surface area contributed by atoms with E-state index in [1.807, 2.05) is 12.1 Å². The molecule has 4 heteroatoms. The number of ketones is 1. The summed E-state index contributed by atoms with van der Waals surface area (Å²) in [6.07, 6.45) is 1.34. The second-order valence-electron chi connectivity index (χ2n) is 4.08. The van der Waals surface area contributed by atoms with Gasteiger partial charge >= 0.3 is 0 Å². The van der Waals surface area contributed by atoms with Crippen molar-refractivity contribution < 1.29 is 9.18 Å². The van der Waals surface area contributed by atoms with Crippen LogP contribution in [0.5, 0.6) is 0 Å². The van der Waals surface area contributed by atoms with Gasteiger partial charge in [-0.1, -0.05) is 30.3 Å². The maximum atomic E-state index is 13.2. The molecule has 3 nitrogen and oxygen atoms in total. The minimum atomic E-state index is -0.441. The smallest absolute Gasteiger partial charge is 0.212 e. The Morgan fingerprint density at radius 1 is 1.00 bits per heavy atom. The Kier molecular flexibility index (Phi) is 2.76. The number of aromatic nitrogens is 2. The van der Waals surface area contributed by atoms with Gasteiger partial charge < -0.3 is 0 Å². The summed E-state index contributed by atoms with van der Waals surface area (Å²) in [5, 5.41) is 0.666. The molecule has 2 aromatic carbocycles. The van der Waals surface area contributed by atoms with Crippen molar-refractivity contribution in [3.63, 3.8) is 0 Å². The molecule has 0 unspecified atom stereocenters. The van der Waals surface area contributed by atoms with E-state index in [-0.39, 0.29) is 17.0 Å². The van der Waals surface area contributed by atoms with E-state index in [0.29, 0.717) is 10.9 Å². The Morgan fingerprint density at radius 3 is 2.68 bits per heavy atom. The van der Waals surface area contributed by atoms with Gasteiger partial charge in [0, 0.05) is 10.9 Å². The van der Waals surface area contributed by atoms with Crippen LogP contribution in [0.25, 0.3) is 10.9 Å². The first-order valence-corrected chi connectivity index (χ1v) is 5.76. The molecular weight excluding hydrogens is 243 g/mol. The van der Waals surface area contributed by atoms with E-state index in [4.69, 9.17) is 0 Å². The predicted octanol–water partition coefficient (Wildman–Crippen LogP) is 3.00. The van der Waals surface area contributed by atoms with Gasteiger partial charge in [0.25, 0.3) is 0 Å². The van der Waals surface area contributed by atoms with Gasteiger partial charge in [-0.3, -0.25) is 4.79 Å². The first-order chi connectivity index (χ1) is 9.25. The third-order valence-corrected chi connectivity index (χ3v) is 2.84. The SMILES string of the molecule is O=C(c1cccc(F)c1)c1ncnc2ccccc12. The molecule has 0 fully saturated rings. The first kappa shape index (κ1) is 11.5. The molecular formula is C15H9FN2O. The summed E-state index contributed by atoms with van der Waals surface area (Å²) >= 11 is 0. The predicted molar refractivity (Wildman–Crippen MR) is 69.4 cm³/mol. The summed E-state index contributed by atoms with van der Waals surface area (Å²) in [4.78, 5) is 20.5. The van der Waals surface area contributed by atoms with E-state index in [0.717, 1.165) is 0 Å². The monoisotopic (exact) mass is 252 g/mol. The van der Waals surface area contributed by atoms with E-state index < -0.39 is 5.82 Å². The zero-order valence-electron chi connectivity index (χ0n) is 9.88. The maximum absolute atomic E-state index is 13.2. The highest BCUT2D eigenvalue weighted by atomic mass is 19.1. The van der Waals surface area contributed by atoms with Crippen molar-refractivity contribution in [3.8, 4) is 0 Å². The Labute approximate surface area is 108 Å². The van der Waals surface area contributed by atoms with E-state index in [1.165, 1.54) is 24.5 Å². The summed E-state index contributed by atoms with van der Waals surface area (Å²) in [6, 6.07) is 12.8. The zero-order chi connectivity index (χ0) is 13.2. The van der Waals surface area contributed by atoms with Gasteiger partial charge in [-0.2, -0.15) is 0 Å². The number of hydrogen-bond donors (Lipinski definition) is 0. The van der Waals surface area contributed by atoms with Gasteiger partial charge in [0.05, 0.1) is 5.52 Å². The third kappa shape index (κ3) is 2.08. The van der Waals surface area contributed by atoms with Crippen molar-refractivity contribution in [1.29, 1.82) is 0 Å². The molecule has 0 saturated heterocycles. The molecule has 0 N–H and O–H groups in total. The van der Waals surface area contributed by atoms with Gasteiger partial charge in [-0.05, 0) is 18.2 Å². The number of carbonyl (C=O) groups is 1. The number of halogens is 1. The van der Waals surface area contributed by atoms with Gasteiger partial charge in [0.2, 0.25) is 5.78 Å². The standard InChI is InChI=1S/C15H9FN2O/c16-11-5-3-4-10(8-11)15(19)14-12-6-1-2-7-13(12)17-9-18-14/h1-9H. The molecule has 0 amide bonds. The van der Waals surface area contributed by atoms with E-state index in [1.54, 1.807) is 18.2 Å². The Hall–Kier alpha value is -2.62. The van der Waals surface area contributed by atoms with Crippen molar-refractivity contribution in [3.05, 3.63) is 71.9 Å². The lowest BCUT2D eigenvalue weighted by atomic mass is 10.0. The Balaban J connectivity index is 2.17. The fourth-order valence-corrected chi connectivity index (χ4v) is 1.95. The molecule has 3 rings (SSSR count). The average Bonchev–Trinajstić information content (AvgIpc) is 2.46. The summed E-state index contributed by atoms with van der Waals surface area (Å²) in [5.74, 6) is -0.748. The Morgan fingerprint density at radius 2 is 1.84 bits per heavy atom. The van der Waals surface area contributed by atoms with Crippen molar-refractivity contribution >= 4 is 16.7 Å². The highest BCUT2D eigenvalue weighted by Gasteiger charge is 2.14. The highest BCUT2D eigenvalue weighted by molar-refractivity contribution is 6.14. The van der Waals surface area contributed by atoms with Crippen LogP contribution >= 0.6 is 0 Å². The lowest BCUT2D eigenvalue weighted by molar-refractivity contribution is 0.103. The molecule has 19 heavy (non-hydrogen) atoms. The maximum Gasteiger partial charge on any atom is 0.212 e. The van der Waals surface area contributed by atoms with E-state index in [2.05, 4.69) is 9.97 Å². The third-order valence-electron chi connectivity index (χ3n) is 2.84. The zero-order valence-corrected chi connectivity index (χ0v) is 9.88. The molecule has 1 aromatic heterocycles. The topological polar surface area (TPSA) is 42.9 Å². The molecule has 0 aliphatic carbocycles. The van der Waals surface area contributed by atoms with Crippen LogP contribution in [-0.4, -0.2) is 15.8 Å². The summed E-state index contributed by atoms with van der Waals surface area (Å²) in [5.41, 5.74) is 1.26. The van der Waals surface area contributed by atoms with E-state index >= 15 is 0 Å². The first-order valence-electron chi connectivity index (χ1n) is 5.76. The number of carbonyl (C=O) groups excluding carboxylic acids is 1. The number of rotatable bonds is 2. The highest BCUT2D eigenvalue weighted by Crippen LogP contribution is 2.17. The molecule has 0 saturated carbocycles. The normalized spacial score (nSPS) is 10.6. The van der Waals surface area contributed by atoms with Gasteiger partial charge in [-0.15, -0.1) is 0 Å². The molecule has 0 bridgehead atoms. The van der Waals surface area contributed by atoms with Crippen LogP contribution in [0.2, 0.25) is 0 Å². The van der Waals surface area contributed by atoms with Crippen LogP contribution < -0.4 is 0 Å². The van der Waals surface area contributed by atoms with Crippen molar-refractivity contribution in [1.82, 2.24) is 9.97 Å². The largest absolute Gasteiger partial charge is 0.287 e. The van der Waals surface area contributed by atoms with E-state index in [9.17, 15) is 9.18 Å². The van der Waals surface area contributed by atoms with Gasteiger partial charge in [-0.25, -0.2) is 14.4 Å². The molecule has 0 aliphatic heterocycles. The van der Waals surface area contributed by atoms with Crippen LogP contribution in [0.3, 0.4) is 0 Å². The minimum Gasteiger partial charge on any atom is -0.287 e. The molecule has 1 heterocycles. The summed E-state index contributed by atoms with van der Waals surface area (Å²) in [7, 11) is 0.